The van der Waals surface area contributed by atoms with Gasteiger partial charge in [0, 0.05) is 18.8 Å². The Morgan fingerprint density at radius 1 is 1.16 bits per heavy atom. The fourth-order valence-electron chi connectivity index (χ4n) is 4.13. The first kappa shape index (κ1) is 22.1. The highest BCUT2D eigenvalue weighted by molar-refractivity contribution is 7.80. The molecule has 0 saturated carbocycles. The Morgan fingerprint density at radius 3 is 2.50 bits per heavy atom. The van der Waals surface area contributed by atoms with Crippen LogP contribution in [0.1, 0.15) is 17.2 Å². The van der Waals surface area contributed by atoms with Gasteiger partial charge >= 0.3 is 6.61 Å². The van der Waals surface area contributed by atoms with Crippen LogP contribution in [0.2, 0.25) is 0 Å². The van der Waals surface area contributed by atoms with Crippen molar-refractivity contribution in [2.24, 2.45) is 0 Å². The number of carbonyl (C=O) groups excluding carboxylic acids is 1. The molecule has 2 aliphatic heterocycles. The highest BCUT2D eigenvalue weighted by Gasteiger charge is 2.38. The smallest absolute Gasteiger partial charge is 0.387 e. The summed E-state index contributed by atoms with van der Waals surface area (Å²) in [5, 5.41) is 3.45. The van der Waals surface area contributed by atoms with E-state index in [1.54, 1.807) is 26.4 Å². The minimum absolute atomic E-state index is 0.00786. The number of thiocarbonyl (C=S) groups is 1. The molecule has 7 nitrogen and oxygen atoms in total. The summed E-state index contributed by atoms with van der Waals surface area (Å²) in [5.41, 5.74) is 2.75. The summed E-state index contributed by atoms with van der Waals surface area (Å²) in [6, 6.07) is 9.77. The molecule has 2 aromatic rings. The number of halogens is 2. The molecule has 170 valence electrons. The van der Waals surface area contributed by atoms with Crippen molar-refractivity contribution >= 4 is 28.9 Å². The standard InChI is InChI=1S/C22H23F2N3O4S/c1-29-18-9-13-7-8-27-17(16(13)10-19(18)30-2)11-26(12-20(27)28)22(32)25-14-3-5-15(6-4-14)31-21(23)24/h3-6,9-10,17,21H,7-8,11-12H2,1-2H3,(H,25,32). The zero-order valence-corrected chi connectivity index (χ0v) is 18.5. The second-order valence-electron chi connectivity index (χ2n) is 7.47. The molecule has 32 heavy (non-hydrogen) atoms. The number of hydrogen-bond donors (Lipinski definition) is 1. The van der Waals surface area contributed by atoms with Crippen LogP contribution in [0, 0.1) is 0 Å². The van der Waals surface area contributed by atoms with E-state index in [0.717, 1.165) is 17.5 Å². The van der Waals surface area contributed by atoms with Crippen LogP contribution in [-0.2, 0) is 11.2 Å². The number of fused-ring (bicyclic) bond motifs is 3. The van der Waals surface area contributed by atoms with Crippen LogP contribution in [0.3, 0.4) is 0 Å². The lowest BCUT2D eigenvalue weighted by molar-refractivity contribution is -0.138. The molecule has 0 bridgehead atoms. The van der Waals surface area contributed by atoms with E-state index in [-0.39, 0.29) is 24.2 Å². The number of anilines is 1. The van der Waals surface area contributed by atoms with E-state index in [9.17, 15) is 13.6 Å². The molecule has 1 amide bonds. The summed E-state index contributed by atoms with van der Waals surface area (Å²) in [5.74, 6) is 1.33. The first-order valence-corrected chi connectivity index (χ1v) is 10.5. The molecule has 2 heterocycles. The van der Waals surface area contributed by atoms with E-state index < -0.39 is 6.61 Å². The number of amides is 1. The topological polar surface area (TPSA) is 63.3 Å². The lowest BCUT2D eigenvalue weighted by Crippen LogP contribution is -2.56. The molecule has 10 heteroatoms. The molecule has 1 atom stereocenters. The van der Waals surface area contributed by atoms with E-state index in [4.69, 9.17) is 21.7 Å². The van der Waals surface area contributed by atoms with Gasteiger partial charge in [0.05, 0.1) is 26.8 Å². The van der Waals surface area contributed by atoms with Gasteiger partial charge in [-0.1, -0.05) is 0 Å². The maximum Gasteiger partial charge on any atom is 0.387 e. The van der Waals surface area contributed by atoms with E-state index in [2.05, 4.69) is 10.1 Å². The predicted octanol–water partition coefficient (Wildman–Crippen LogP) is 3.44. The number of ether oxygens (including phenoxy) is 3. The van der Waals surface area contributed by atoms with Gasteiger partial charge in [0.2, 0.25) is 5.91 Å². The number of nitrogens with zero attached hydrogens (tertiary/aromatic N) is 2. The summed E-state index contributed by atoms with van der Waals surface area (Å²) in [4.78, 5) is 16.6. The van der Waals surface area contributed by atoms with Crippen LogP contribution in [-0.4, -0.2) is 61.3 Å². The zero-order valence-electron chi connectivity index (χ0n) is 17.6. The molecule has 1 N–H and O–H groups in total. The molecule has 2 aromatic carbocycles. The monoisotopic (exact) mass is 463 g/mol. The van der Waals surface area contributed by atoms with Crippen molar-refractivity contribution in [1.82, 2.24) is 9.80 Å². The highest BCUT2D eigenvalue weighted by atomic mass is 32.1. The summed E-state index contributed by atoms with van der Waals surface area (Å²) in [7, 11) is 3.18. The third-order valence-corrected chi connectivity index (χ3v) is 6.02. The molecule has 0 aliphatic carbocycles. The first-order chi connectivity index (χ1) is 15.4. The van der Waals surface area contributed by atoms with Crippen molar-refractivity contribution in [2.45, 2.75) is 19.1 Å². The third kappa shape index (κ3) is 4.40. The SMILES string of the molecule is COc1cc2c(cc1OC)C1CN(C(=S)Nc3ccc(OC(F)F)cc3)CC(=O)N1CC2. The van der Waals surface area contributed by atoms with Gasteiger partial charge in [-0.25, -0.2) is 0 Å². The number of methoxy groups -OCH3 is 2. The fourth-order valence-corrected chi connectivity index (χ4v) is 4.38. The molecule has 1 unspecified atom stereocenters. The van der Waals surface area contributed by atoms with Gasteiger partial charge in [0.25, 0.3) is 0 Å². The van der Waals surface area contributed by atoms with E-state index in [0.29, 0.717) is 35.4 Å². The number of benzene rings is 2. The van der Waals surface area contributed by atoms with Crippen LogP contribution in [0.15, 0.2) is 36.4 Å². The number of nitrogens with one attached hydrogen (secondary N) is 1. The van der Waals surface area contributed by atoms with Crippen molar-refractivity contribution in [3.05, 3.63) is 47.5 Å². The minimum atomic E-state index is -2.88. The fraction of sp³-hybridized carbons (Fsp3) is 0.364. The van der Waals surface area contributed by atoms with Crippen molar-refractivity contribution in [3.63, 3.8) is 0 Å². The second-order valence-corrected chi connectivity index (χ2v) is 7.86. The maximum atomic E-state index is 12.9. The molecular formula is C22H23F2N3O4S. The summed E-state index contributed by atoms with van der Waals surface area (Å²) >= 11 is 5.54. The highest BCUT2D eigenvalue weighted by Crippen LogP contribution is 2.39. The molecule has 4 rings (SSSR count). The van der Waals surface area contributed by atoms with Gasteiger partial charge in [-0.2, -0.15) is 8.78 Å². The molecule has 0 spiro atoms. The molecular weight excluding hydrogens is 440 g/mol. The van der Waals surface area contributed by atoms with Gasteiger partial charge in [-0.3, -0.25) is 4.79 Å². The number of alkyl halides is 2. The second kappa shape index (κ2) is 9.15. The number of piperazine rings is 1. The summed E-state index contributed by atoms with van der Waals surface area (Å²) < 4.78 is 39.9. The van der Waals surface area contributed by atoms with E-state index >= 15 is 0 Å². The van der Waals surface area contributed by atoms with Gasteiger partial charge in [-0.15, -0.1) is 0 Å². The zero-order chi connectivity index (χ0) is 22.8. The van der Waals surface area contributed by atoms with E-state index in [1.807, 2.05) is 21.9 Å². The summed E-state index contributed by atoms with van der Waals surface area (Å²) in [6.07, 6.45) is 0.744. The average Bonchev–Trinajstić information content (AvgIpc) is 2.78. The number of rotatable bonds is 5. The van der Waals surface area contributed by atoms with Crippen LogP contribution in [0.5, 0.6) is 17.2 Å². The van der Waals surface area contributed by atoms with Crippen LogP contribution in [0.25, 0.3) is 0 Å². The molecule has 1 saturated heterocycles. The minimum Gasteiger partial charge on any atom is -0.493 e. The van der Waals surface area contributed by atoms with Crippen molar-refractivity contribution in [1.29, 1.82) is 0 Å². The van der Waals surface area contributed by atoms with Gasteiger partial charge in [0.15, 0.2) is 16.6 Å². The largest absolute Gasteiger partial charge is 0.493 e. The first-order valence-electron chi connectivity index (χ1n) is 10.0. The molecule has 0 aromatic heterocycles. The Hall–Kier alpha value is -3.14. The average molecular weight is 464 g/mol. The Labute approximate surface area is 189 Å². The quantitative estimate of drug-likeness (QED) is 0.682. The van der Waals surface area contributed by atoms with Crippen molar-refractivity contribution in [3.8, 4) is 17.2 Å². The predicted molar refractivity (Wildman–Crippen MR) is 119 cm³/mol. The van der Waals surface area contributed by atoms with Crippen molar-refractivity contribution in [2.75, 3.05) is 39.2 Å². The van der Waals surface area contributed by atoms with Crippen LogP contribution < -0.4 is 19.5 Å². The van der Waals surface area contributed by atoms with Gasteiger partial charge < -0.3 is 29.3 Å². The lowest BCUT2D eigenvalue weighted by Gasteiger charge is -2.45. The Morgan fingerprint density at radius 2 is 1.84 bits per heavy atom. The van der Waals surface area contributed by atoms with Crippen molar-refractivity contribution < 1.29 is 27.8 Å². The molecule has 1 fully saturated rings. The molecule has 2 aliphatic rings. The number of carbonyl (C=O) groups is 1. The van der Waals surface area contributed by atoms with E-state index in [1.165, 1.54) is 12.1 Å². The Bertz CT molecular complexity index is 1020. The Balaban J connectivity index is 1.52. The van der Waals surface area contributed by atoms with Crippen LogP contribution >= 0.6 is 12.2 Å². The van der Waals surface area contributed by atoms with Gasteiger partial charge in [-0.05, 0) is 66.2 Å². The number of hydrogen-bond acceptors (Lipinski definition) is 5. The third-order valence-electron chi connectivity index (χ3n) is 5.66. The van der Waals surface area contributed by atoms with Gasteiger partial charge in [0.1, 0.15) is 5.75 Å². The normalized spacial score (nSPS) is 17.5. The maximum absolute atomic E-state index is 12.9. The summed E-state index contributed by atoms with van der Waals surface area (Å²) in [6.45, 7) is -1.57. The van der Waals surface area contributed by atoms with Crippen LogP contribution in [0.4, 0.5) is 14.5 Å². The molecule has 0 radical (unpaired) electrons. The lowest BCUT2D eigenvalue weighted by atomic mass is 9.90. The Kier molecular flexibility index (Phi) is 6.31.